The molecule has 3 N–H and O–H groups in total. The minimum atomic E-state index is -1.61. The highest BCUT2D eigenvalue weighted by Gasteiger charge is 2.26. The molecule has 2 aromatic carbocycles. The van der Waals surface area contributed by atoms with Gasteiger partial charge in [0.25, 0.3) is 0 Å². The Bertz CT molecular complexity index is 1060. The van der Waals surface area contributed by atoms with Crippen LogP contribution in [0.4, 0.5) is 13.6 Å². The number of aromatic nitrogens is 1. The molecule has 152 valence electrons. The van der Waals surface area contributed by atoms with E-state index in [1.807, 2.05) is 6.92 Å². The molecule has 1 aromatic heterocycles. The van der Waals surface area contributed by atoms with Gasteiger partial charge in [0.15, 0.2) is 0 Å². The van der Waals surface area contributed by atoms with Gasteiger partial charge >= 0.3 is 6.09 Å². The monoisotopic (exact) mass is 402 g/mol. The van der Waals surface area contributed by atoms with Crippen molar-refractivity contribution in [3.05, 3.63) is 70.9 Å². The standard InChI is InChI=1S/C21H20F2N2O4/c1-3-28-20-15-6-4-5-14(13(15)9-10-25-20)19(26)17-16(22)8-7-12(18(17)23)11(2)29-21(24)27/h4-11,19,26H,3H2,1-2H3,(H2,24,27)/t11-,19?/m1/s1. The zero-order valence-electron chi connectivity index (χ0n) is 15.9. The minimum absolute atomic E-state index is 0.101. The van der Waals surface area contributed by atoms with E-state index in [1.165, 1.54) is 13.1 Å². The molecular formula is C21H20F2N2O4. The Morgan fingerprint density at radius 3 is 2.62 bits per heavy atom. The quantitative estimate of drug-likeness (QED) is 0.646. The normalized spacial score (nSPS) is 13.1. The van der Waals surface area contributed by atoms with Gasteiger partial charge < -0.3 is 20.3 Å². The lowest BCUT2D eigenvalue weighted by atomic mass is 9.93. The van der Waals surface area contributed by atoms with Crippen LogP contribution in [-0.4, -0.2) is 22.8 Å². The maximum absolute atomic E-state index is 15.1. The van der Waals surface area contributed by atoms with Crippen LogP contribution in [0.2, 0.25) is 0 Å². The molecule has 0 aliphatic carbocycles. The molecule has 1 unspecified atom stereocenters. The van der Waals surface area contributed by atoms with Gasteiger partial charge in [-0.25, -0.2) is 18.6 Å². The van der Waals surface area contributed by atoms with E-state index in [2.05, 4.69) is 4.98 Å². The number of fused-ring (bicyclic) bond motifs is 1. The number of aliphatic hydroxyl groups is 1. The fraction of sp³-hybridized carbons (Fsp3) is 0.238. The number of rotatable bonds is 6. The van der Waals surface area contributed by atoms with Crippen molar-refractivity contribution in [3.63, 3.8) is 0 Å². The Morgan fingerprint density at radius 2 is 1.93 bits per heavy atom. The number of hydrogen-bond acceptors (Lipinski definition) is 5. The fourth-order valence-electron chi connectivity index (χ4n) is 3.24. The zero-order chi connectivity index (χ0) is 21.1. The molecule has 3 aromatic rings. The largest absolute Gasteiger partial charge is 0.478 e. The molecule has 0 spiro atoms. The Labute approximate surface area is 165 Å². The first-order valence-corrected chi connectivity index (χ1v) is 8.97. The predicted molar refractivity (Wildman–Crippen MR) is 102 cm³/mol. The number of carbonyl (C=O) groups is 1. The highest BCUT2D eigenvalue weighted by molar-refractivity contribution is 5.90. The first-order valence-electron chi connectivity index (χ1n) is 8.97. The Hall–Kier alpha value is -3.26. The van der Waals surface area contributed by atoms with Crippen LogP contribution in [0.25, 0.3) is 10.8 Å². The molecule has 3 rings (SSSR count). The van der Waals surface area contributed by atoms with Crippen molar-refractivity contribution in [2.75, 3.05) is 6.61 Å². The molecule has 29 heavy (non-hydrogen) atoms. The summed E-state index contributed by atoms with van der Waals surface area (Å²) in [6.07, 6.45) is -2.26. The lowest BCUT2D eigenvalue weighted by molar-refractivity contribution is 0.114. The molecule has 0 fully saturated rings. The van der Waals surface area contributed by atoms with Gasteiger partial charge in [-0.1, -0.05) is 12.1 Å². The summed E-state index contributed by atoms with van der Waals surface area (Å²) in [6.45, 7) is 3.60. The summed E-state index contributed by atoms with van der Waals surface area (Å²) in [5, 5.41) is 12.0. The summed E-state index contributed by atoms with van der Waals surface area (Å²) in [7, 11) is 0. The summed E-state index contributed by atoms with van der Waals surface area (Å²) in [5.74, 6) is -1.58. The van der Waals surface area contributed by atoms with Crippen LogP contribution < -0.4 is 10.5 Å². The van der Waals surface area contributed by atoms with Crippen LogP contribution >= 0.6 is 0 Å². The number of amides is 1. The summed E-state index contributed by atoms with van der Waals surface area (Å²) in [6, 6.07) is 8.75. The van der Waals surface area contributed by atoms with E-state index >= 15 is 4.39 Å². The summed E-state index contributed by atoms with van der Waals surface area (Å²) < 4.78 is 39.9. The summed E-state index contributed by atoms with van der Waals surface area (Å²) in [5.41, 5.74) is 4.61. The topological polar surface area (TPSA) is 94.7 Å². The number of hydrogen-bond donors (Lipinski definition) is 2. The third-order valence-electron chi connectivity index (χ3n) is 4.54. The van der Waals surface area contributed by atoms with Crippen molar-refractivity contribution in [1.82, 2.24) is 4.98 Å². The molecule has 1 amide bonds. The predicted octanol–water partition coefficient (Wildman–Crippen LogP) is 4.15. The van der Waals surface area contributed by atoms with Gasteiger partial charge in [0.2, 0.25) is 5.88 Å². The summed E-state index contributed by atoms with van der Waals surface area (Å²) in [4.78, 5) is 15.1. The van der Waals surface area contributed by atoms with Gasteiger partial charge in [-0.15, -0.1) is 0 Å². The first-order chi connectivity index (χ1) is 13.8. The molecule has 0 saturated carbocycles. The van der Waals surface area contributed by atoms with Crippen molar-refractivity contribution < 1.29 is 28.2 Å². The van der Waals surface area contributed by atoms with Gasteiger partial charge in [0.05, 0.1) is 12.2 Å². The second kappa shape index (κ2) is 8.40. The van der Waals surface area contributed by atoms with E-state index in [9.17, 15) is 14.3 Å². The Balaban J connectivity index is 2.13. The van der Waals surface area contributed by atoms with Crippen molar-refractivity contribution in [2.45, 2.75) is 26.1 Å². The molecule has 6 nitrogen and oxygen atoms in total. The highest BCUT2D eigenvalue weighted by atomic mass is 19.1. The van der Waals surface area contributed by atoms with E-state index in [1.54, 1.807) is 24.3 Å². The molecule has 0 bridgehead atoms. The van der Waals surface area contributed by atoms with Gasteiger partial charge in [-0.3, -0.25) is 0 Å². The van der Waals surface area contributed by atoms with E-state index < -0.39 is 35.5 Å². The number of ether oxygens (including phenoxy) is 2. The third kappa shape index (κ3) is 3.97. The lowest BCUT2D eigenvalue weighted by Crippen LogP contribution is -2.17. The van der Waals surface area contributed by atoms with E-state index in [0.717, 1.165) is 12.1 Å². The minimum Gasteiger partial charge on any atom is -0.478 e. The molecular weight excluding hydrogens is 382 g/mol. The third-order valence-corrected chi connectivity index (χ3v) is 4.54. The second-order valence-corrected chi connectivity index (χ2v) is 6.34. The number of carbonyl (C=O) groups excluding carboxylic acids is 1. The van der Waals surface area contributed by atoms with Gasteiger partial charge in [0.1, 0.15) is 23.8 Å². The van der Waals surface area contributed by atoms with Crippen LogP contribution in [-0.2, 0) is 4.74 Å². The average molecular weight is 402 g/mol. The maximum atomic E-state index is 15.1. The van der Waals surface area contributed by atoms with E-state index in [4.69, 9.17) is 15.2 Å². The van der Waals surface area contributed by atoms with Gasteiger partial charge in [0, 0.05) is 17.1 Å². The van der Waals surface area contributed by atoms with E-state index in [-0.39, 0.29) is 11.1 Å². The van der Waals surface area contributed by atoms with Gasteiger partial charge in [-0.05, 0) is 49.1 Å². The van der Waals surface area contributed by atoms with E-state index in [0.29, 0.717) is 23.3 Å². The molecule has 0 radical (unpaired) electrons. The maximum Gasteiger partial charge on any atom is 0.405 e. The molecule has 1 heterocycles. The smallest absolute Gasteiger partial charge is 0.405 e. The number of pyridine rings is 1. The zero-order valence-corrected chi connectivity index (χ0v) is 15.9. The molecule has 0 aliphatic heterocycles. The van der Waals surface area contributed by atoms with Crippen LogP contribution in [0.15, 0.2) is 42.6 Å². The first kappa shape index (κ1) is 20.5. The highest BCUT2D eigenvalue weighted by Crippen LogP contribution is 2.36. The van der Waals surface area contributed by atoms with Crippen molar-refractivity contribution in [1.29, 1.82) is 0 Å². The number of primary amides is 1. The average Bonchev–Trinajstić information content (AvgIpc) is 2.67. The number of nitrogens with zero attached hydrogens (tertiary/aromatic N) is 1. The second-order valence-electron chi connectivity index (χ2n) is 6.34. The Kier molecular flexibility index (Phi) is 5.93. The number of nitrogens with two attached hydrogens (primary N) is 1. The van der Waals surface area contributed by atoms with Crippen LogP contribution in [0.3, 0.4) is 0 Å². The van der Waals surface area contributed by atoms with Crippen molar-refractivity contribution >= 4 is 16.9 Å². The molecule has 0 saturated heterocycles. The van der Waals surface area contributed by atoms with Crippen LogP contribution in [0, 0.1) is 11.6 Å². The summed E-state index contributed by atoms with van der Waals surface area (Å²) >= 11 is 0. The fourth-order valence-corrected chi connectivity index (χ4v) is 3.24. The molecule has 8 heteroatoms. The van der Waals surface area contributed by atoms with Gasteiger partial charge in [-0.2, -0.15) is 0 Å². The Morgan fingerprint density at radius 1 is 1.17 bits per heavy atom. The number of halogens is 2. The SMILES string of the molecule is CCOc1nccc2c(C(O)c3c(F)ccc([C@@H](C)OC(N)=O)c3F)cccc12. The molecule has 2 atom stereocenters. The van der Waals surface area contributed by atoms with Crippen LogP contribution in [0.1, 0.15) is 42.7 Å². The number of benzene rings is 2. The number of aliphatic hydroxyl groups excluding tert-OH is 1. The van der Waals surface area contributed by atoms with Crippen molar-refractivity contribution in [3.8, 4) is 5.88 Å². The van der Waals surface area contributed by atoms with Crippen LogP contribution in [0.5, 0.6) is 5.88 Å². The lowest BCUT2D eigenvalue weighted by Gasteiger charge is -2.20. The van der Waals surface area contributed by atoms with Crippen molar-refractivity contribution in [2.24, 2.45) is 5.73 Å². The molecule has 0 aliphatic rings.